The van der Waals surface area contributed by atoms with Crippen molar-refractivity contribution in [1.82, 2.24) is 20.4 Å². The molecule has 3 heterocycles. The lowest BCUT2D eigenvalue weighted by Crippen LogP contribution is -2.37. The molecular formula is C12H15BrN6O. The van der Waals surface area contributed by atoms with E-state index in [4.69, 9.17) is 4.74 Å². The van der Waals surface area contributed by atoms with E-state index in [2.05, 4.69) is 46.6 Å². The molecule has 2 aromatic heterocycles. The van der Waals surface area contributed by atoms with Gasteiger partial charge in [0, 0.05) is 30.8 Å². The predicted molar refractivity (Wildman–Crippen MR) is 80.7 cm³/mol. The second-order valence-corrected chi connectivity index (χ2v) is 5.28. The van der Waals surface area contributed by atoms with Crippen molar-refractivity contribution in [3.63, 3.8) is 0 Å². The second-order valence-electron chi connectivity index (χ2n) is 4.37. The SMILES string of the molecule is CNNc1nc(N2CCOCC2)c2ncc(Br)cc2n1. The summed E-state index contributed by atoms with van der Waals surface area (Å²) < 4.78 is 6.28. The number of ether oxygens (including phenoxy) is 1. The minimum Gasteiger partial charge on any atom is -0.378 e. The van der Waals surface area contributed by atoms with Crippen molar-refractivity contribution < 1.29 is 4.74 Å². The lowest BCUT2D eigenvalue weighted by molar-refractivity contribution is 0.122. The van der Waals surface area contributed by atoms with Crippen LogP contribution >= 0.6 is 15.9 Å². The van der Waals surface area contributed by atoms with Crippen LogP contribution < -0.4 is 15.8 Å². The summed E-state index contributed by atoms with van der Waals surface area (Å²) in [6.07, 6.45) is 1.76. The van der Waals surface area contributed by atoms with Gasteiger partial charge in [-0.3, -0.25) is 5.43 Å². The summed E-state index contributed by atoms with van der Waals surface area (Å²) in [6, 6.07) is 1.94. The van der Waals surface area contributed by atoms with E-state index in [1.807, 2.05) is 6.07 Å². The van der Waals surface area contributed by atoms with Crippen molar-refractivity contribution in [2.45, 2.75) is 0 Å². The fraction of sp³-hybridized carbons (Fsp3) is 0.417. The van der Waals surface area contributed by atoms with E-state index in [-0.39, 0.29) is 0 Å². The van der Waals surface area contributed by atoms with Crippen LogP contribution in [-0.2, 0) is 4.74 Å². The Morgan fingerprint density at radius 2 is 2.10 bits per heavy atom. The van der Waals surface area contributed by atoms with Gasteiger partial charge < -0.3 is 9.64 Å². The highest BCUT2D eigenvalue weighted by Gasteiger charge is 2.18. The van der Waals surface area contributed by atoms with Gasteiger partial charge in [0.05, 0.1) is 18.7 Å². The highest BCUT2D eigenvalue weighted by Crippen LogP contribution is 2.26. The molecule has 2 aromatic rings. The van der Waals surface area contributed by atoms with E-state index < -0.39 is 0 Å². The molecule has 0 aromatic carbocycles. The number of anilines is 2. The molecule has 1 aliphatic heterocycles. The summed E-state index contributed by atoms with van der Waals surface area (Å²) >= 11 is 3.42. The molecule has 0 saturated carbocycles. The number of halogens is 1. The van der Waals surface area contributed by atoms with Gasteiger partial charge in [0.2, 0.25) is 5.95 Å². The van der Waals surface area contributed by atoms with Crippen LogP contribution in [0, 0.1) is 0 Å². The van der Waals surface area contributed by atoms with Gasteiger partial charge in [-0.25, -0.2) is 15.4 Å². The van der Waals surface area contributed by atoms with E-state index >= 15 is 0 Å². The number of aromatic nitrogens is 3. The molecule has 3 rings (SSSR count). The maximum absolute atomic E-state index is 5.39. The van der Waals surface area contributed by atoms with Gasteiger partial charge in [-0.1, -0.05) is 0 Å². The lowest BCUT2D eigenvalue weighted by atomic mass is 10.3. The molecule has 7 nitrogen and oxygen atoms in total. The van der Waals surface area contributed by atoms with Gasteiger partial charge in [-0.2, -0.15) is 4.98 Å². The average Bonchev–Trinajstić information content (AvgIpc) is 2.47. The number of nitrogens with one attached hydrogen (secondary N) is 2. The van der Waals surface area contributed by atoms with Crippen molar-refractivity contribution in [3.8, 4) is 0 Å². The van der Waals surface area contributed by atoms with Crippen molar-refractivity contribution in [3.05, 3.63) is 16.7 Å². The highest BCUT2D eigenvalue weighted by molar-refractivity contribution is 9.10. The normalized spacial score (nSPS) is 15.6. The molecule has 20 heavy (non-hydrogen) atoms. The van der Waals surface area contributed by atoms with Crippen LogP contribution in [-0.4, -0.2) is 48.3 Å². The molecule has 0 spiro atoms. The van der Waals surface area contributed by atoms with Crippen LogP contribution in [0.1, 0.15) is 0 Å². The van der Waals surface area contributed by atoms with Crippen LogP contribution in [0.5, 0.6) is 0 Å². The van der Waals surface area contributed by atoms with E-state index in [9.17, 15) is 0 Å². The van der Waals surface area contributed by atoms with Crippen LogP contribution in [0.2, 0.25) is 0 Å². The Labute approximate surface area is 124 Å². The number of fused-ring (bicyclic) bond motifs is 1. The van der Waals surface area contributed by atoms with E-state index in [0.717, 1.165) is 34.4 Å². The molecular weight excluding hydrogens is 324 g/mol. The zero-order chi connectivity index (χ0) is 13.9. The molecule has 0 bridgehead atoms. The van der Waals surface area contributed by atoms with Gasteiger partial charge >= 0.3 is 0 Å². The molecule has 1 aliphatic rings. The van der Waals surface area contributed by atoms with Crippen LogP contribution in [0.25, 0.3) is 11.0 Å². The topological polar surface area (TPSA) is 75.2 Å². The first-order valence-electron chi connectivity index (χ1n) is 6.36. The van der Waals surface area contributed by atoms with Crippen LogP contribution in [0.4, 0.5) is 11.8 Å². The Morgan fingerprint density at radius 1 is 1.30 bits per heavy atom. The number of hydrogen-bond acceptors (Lipinski definition) is 7. The van der Waals surface area contributed by atoms with Gasteiger partial charge in [0.1, 0.15) is 5.52 Å². The molecule has 2 N–H and O–H groups in total. The summed E-state index contributed by atoms with van der Waals surface area (Å²) in [5.41, 5.74) is 7.37. The molecule has 0 amide bonds. The monoisotopic (exact) mass is 338 g/mol. The van der Waals surface area contributed by atoms with E-state index in [1.165, 1.54) is 0 Å². The molecule has 0 atom stereocenters. The minimum absolute atomic E-state index is 0.529. The number of nitrogens with zero attached hydrogens (tertiary/aromatic N) is 4. The number of pyridine rings is 1. The molecule has 1 saturated heterocycles. The Kier molecular flexibility index (Phi) is 3.95. The summed E-state index contributed by atoms with van der Waals surface area (Å²) in [5.74, 6) is 1.37. The summed E-state index contributed by atoms with van der Waals surface area (Å²) in [5, 5.41) is 0. The molecule has 0 aliphatic carbocycles. The summed E-state index contributed by atoms with van der Waals surface area (Å²) in [6.45, 7) is 3.03. The smallest absolute Gasteiger partial charge is 0.239 e. The Morgan fingerprint density at radius 3 is 2.85 bits per heavy atom. The zero-order valence-corrected chi connectivity index (χ0v) is 12.6. The van der Waals surface area contributed by atoms with Gasteiger partial charge in [0.15, 0.2) is 5.82 Å². The Hall–Kier alpha value is -1.51. The van der Waals surface area contributed by atoms with Crippen LogP contribution in [0.3, 0.4) is 0 Å². The molecule has 106 valence electrons. The average molecular weight is 339 g/mol. The third-order valence-electron chi connectivity index (χ3n) is 3.03. The third-order valence-corrected chi connectivity index (χ3v) is 3.47. The molecule has 8 heteroatoms. The first-order chi connectivity index (χ1) is 9.78. The lowest BCUT2D eigenvalue weighted by Gasteiger charge is -2.28. The van der Waals surface area contributed by atoms with Crippen LogP contribution in [0.15, 0.2) is 16.7 Å². The summed E-state index contributed by atoms with van der Waals surface area (Å²) in [7, 11) is 1.78. The standard InChI is InChI=1S/C12H15BrN6O/c1-14-18-12-16-9-6-8(13)7-15-10(9)11(17-12)19-2-4-20-5-3-19/h6-7,14H,2-5H2,1H3,(H,16,17,18). The first kappa shape index (κ1) is 13.5. The number of morpholine rings is 1. The van der Waals surface area contributed by atoms with E-state index in [1.54, 1.807) is 13.2 Å². The summed E-state index contributed by atoms with van der Waals surface area (Å²) in [4.78, 5) is 15.6. The number of hydrogen-bond donors (Lipinski definition) is 2. The number of hydrazine groups is 1. The first-order valence-corrected chi connectivity index (χ1v) is 7.16. The van der Waals surface area contributed by atoms with Crippen molar-refractivity contribution in [2.75, 3.05) is 43.7 Å². The number of rotatable bonds is 3. The Bertz CT molecular complexity index is 616. The van der Waals surface area contributed by atoms with Crippen molar-refractivity contribution >= 4 is 38.7 Å². The maximum Gasteiger partial charge on any atom is 0.239 e. The van der Waals surface area contributed by atoms with Gasteiger partial charge in [0.25, 0.3) is 0 Å². The fourth-order valence-corrected chi connectivity index (χ4v) is 2.46. The quantitative estimate of drug-likeness (QED) is 0.813. The van der Waals surface area contributed by atoms with Crippen molar-refractivity contribution in [2.24, 2.45) is 0 Å². The Balaban J connectivity index is 2.11. The molecule has 0 unspecified atom stereocenters. The second kappa shape index (κ2) is 5.86. The molecule has 1 fully saturated rings. The molecule has 0 radical (unpaired) electrons. The fourth-order valence-electron chi connectivity index (χ4n) is 2.14. The van der Waals surface area contributed by atoms with Gasteiger partial charge in [-0.15, -0.1) is 0 Å². The van der Waals surface area contributed by atoms with Crippen molar-refractivity contribution in [1.29, 1.82) is 0 Å². The minimum atomic E-state index is 0.529. The predicted octanol–water partition coefficient (Wildman–Crippen LogP) is 1.17. The maximum atomic E-state index is 5.39. The van der Waals surface area contributed by atoms with Gasteiger partial charge in [-0.05, 0) is 22.0 Å². The highest BCUT2D eigenvalue weighted by atomic mass is 79.9. The van der Waals surface area contributed by atoms with E-state index in [0.29, 0.717) is 19.2 Å². The largest absolute Gasteiger partial charge is 0.378 e. The zero-order valence-electron chi connectivity index (χ0n) is 11.1. The third kappa shape index (κ3) is 2.67.